The van der Waals surface area contributed by atoms with Crippen LogP contribution in [0.2, 0.25) is 0 Å². The van der Waals surface area contributed by atoms with Crippen molar-refractivity contribution in [3.05, 3.63) is 6.10 Å². The molecule has 0 aromatic rings. The van der Waals surface area contributed by atoms with Crippen LogP contribution in [0.5, 0.6) is 0 Å². The molecule has 47 valence electrons. The number of hydrogen-bond acceptors (Lipinski definition) is 2. The molecular weight excluding hydrogens is 120 g/mol. The van der Waals surface area contributed by atoms with Crippen LogP contribution in [0, 0.1) is 6.10 Å². The highest BCUT2D eigenvalue weighted by Gasteiger charge is 2.19. The molecule has 1 fully saturated rings. The van der Waals surface area contributed by atoms with Crippen molar-refractivity contribution in [3.8, 4) is 0 Å². The molecule has 1 rings (SSSR count). The zero-order valence-corrected chi connectivity index (χ0v) is 5.69. The van der Waals surface area contributed by atoms with Crippen molar-refractivity contribution in [2.24, 2.45) is 0 Å². The average molecular weight is 131 g/mol. The van der Waals surface area contributed by atoms with Gasteiger partial charge in [0.2, 0.25) is 0 Å². The van der Waals surface area contributed by atoms with E-state index >= 15 is 0 Å². The molecule has 1 aliphatic rings. The van der Waals surface area contributed by atoms with Crippen LogP contribution in [-0.2, 0) is 0 Å². The van der Waals surface area contributed by atoms with Crippen LogP contribution in [0.4, 0.5) is 0 Å². The Balaban J connectivity index is 2.28. The molecule has 1 unspecified atom stereocenters. The quantitative estimate of drug-likeness (QED) is 0.480. The summed E-state index contributed by atoms with van der Waals surface area (Å²) in [6, 6.07) is 0. The van der Waals surface area contributed by atoms with Crippen molar-refractivity contribution in [3.63, 3.8) is 0 Å². The van der Waals surface area contributed by atoms with Gasteiger partial charge >= 0.3 is 0 Å². The maximum atomic E-state index is 9.02. The molecule has 0 spiro atoms. The second kappa shape index (κ2) is 2.74. The second-order valence-electron chi connectivity index (χ2n) is 2.25. The van der Waals surface area contributed by atoms with Crippen LogP contribution in [-0.4, -0.2) is 10.4 Å². The largest absolute Gasteiger partial charge is 0.386 e. The van der Waals surface area contributed by atoms with E-state index in [9.17, 15) is 0 Å². The predicted octanol–water partition coefficient (Wildman–Crippen LogP) is 1.76. The third-order valence-electron chi connectivity index (χ3n) is 1.55. The van der Waals surface area contributed by atoms with Crippen LogP contribution >= 0.6 is 12.6 Å². The first-order valence-electron chi connectivity index (χ1n) is 3.03. The minimum atomic E-state index is 0.170. The standard InChI is InChI=1S/C6H11OS/c7-5-3-1-2-4-6(5)8/h6-8H,1-4H2. The van der Waals surface area contributed by atoms with E-state index in [4.69, 9.17) is 5.11 Å². The van der Waals surface area contributed by atoms with Gasteiger partial charge in [0, 0.05) is 5.25 Å². The van der Waals surface area contributed by atoms with Crippen molar-refractivity contribution in [2.75, 3.05) is 0 Å². The molecular formula is C6H11OS. The first-order valence-corrected chi connectivity index (χ1v) is 3.55. The summed E-state index contributed by atoms with van der Waals surface area (Å²) in [6.07, 6.45) is 4.86. The zero-order valence-electron chi connectivity index (χ0n) is 4.80. The summed E-state index contributed by atoms with van der Waals surface area (Å²) in [5.74, 6) is 0. The minimum absolute atomic E-state index is 0.170. The van der Waals surface area contributed by atoms with E-state index < -0.39 is 0 Å². The van der Waals surface area contributed by atoms with Crippen LogP contribution in [0.15, 0.2) is 0 Å². The van der Waals surface area contributed by atoms with E-state index in [0.29, 0.717) is 6.10 Å². The van der Waals surface area contributed by atoms with E-state index in [-0.39, 0.29) is 5.25 Å². The minimum Gasteiger partial charge on any atom is -0.386 e. The monoisotopic (exact) mass is 131 g/mol. The summed E-state index contributed by atoms with van der Waals surface area (Å²) in [5.41, 5.74) is 0. The predicted molar refractivity (Wildman–Crippen MR) is 36.4 cm³/mol. The lowest BCUT2D eigenvalue weighted by Gasteiger charge is -2.21. The Morgan fingerprint density at radius 2 is 2.25 bits per heavy atom. The fourth-order valence-electron chi connectivity index (χ4n) is 0.977. The van der Waals surface area contributed by atoms with Gasteiger partial charge in [0.15, 0.2) is 0 Å². The number of hydrogen-bond donors (Lipinski definition) is 2. The lowest BCUT2D eigenvalue weighted by atomic mass is 9.97. The number of thiol groups is 1. The molecule has 0 aromatic heterocycles. The van der Waals surface area contributed by atoms with E-state index in [1.807, 2.05) is 0 Å². The van der Waals surface area contributed by atoms with Crippen molar-refractivity contribution in [1.29, 1.82) is 0 Å². The summed E-state index contributed by atoms with van der Waals surface area (Å²) < 4.78 is 0. The molecule has 1 nitrogen and oxygen atoms in total. The molecule has 0 heterocycles. The van der Waals surface area contributed by atoms with Gasteiger partial charge in [0.25, 0.3) is 0 Å². The van der Waals surface area contributed by atoms with Gasteiger partial charge in [-0.2, -0.15) is 12.6 Å². The molecule has 1 aliphatic carbocycles. The maximum absolute atomic E-state index is 9.02. The molecule has 1 radical (unpaired) electrons. The molecule has 0 amide bonds. The van der Waals surface area contributed by atoms with Crippen LogP contribution < -0.4 is 0 Å². The van der Waals surface area contributed by atoms with Crippen LogP contribution in [0.25, 0.3) is 0 Å². The van der Waals surface area contributed by atoms with Crippen molar-refractivity contribution in [1.82, 2.24) is 0 Å². The fourth-order valence-corrected chi connectivity index (χ4v) is 1.29. The summed E-state index contributed by atoms with van der Waals surface area (Å²) in [7, 11) is 0. The summed E-state index contributed by atoms with van der Waals surface area (Å²) in [4.78, 5) is 0. The van der Waals surface area contributed by atoms with Gasteiger partial charge in [-0.1, -0.05) is 12.8 Å². The number of rotatable bonds is 0. The summed E-state index contributed by atoms with van der Waals surface area (Å²) in [6.45, 7) is 0. The lowest BCUT2D eigenvalue weighted by molar-refractivity contribution is 0.246. The molecule has 8 heavy (non-hydrogen) atoms. The normalized spacial score (nSPS) is 33.0. The first-order chi connectivity index (χ1) is 3.80. The zero-order chi connectivity index (χ0) is 5.98. The average Bonchev–Trinajstić information content (AvgIpc) is 1.77. The molecule has 1 atom stereocenters. The molecule has 0 saturated heterocycles. The third kappa shape index (κ3) is 1.39. The van der Waals surface area contributed by atoms with Gasteiger partial charge in [-0.3, -0.25) is 0 Å². The van der Waals surface area contributed by atoms with Crippen molar-refractivity contribution >= 4 is 12.6 Å². The highest BCUT2D eigenvalue weighted by molar-refractivity contribution is 7.81. The Bertz CT molecular complexity index is 64.9. The van der Waals surface area contributed by atoms with Gasteiger partial charge in [-0.05, 0) is 12.8 Å². The SMILES string of the molecule is O[C]1CCCCC1S. The van der Waals surface area contributed by atoms with E-state index in [1.54, 1.807) is 0 Å². The second-order valence-corrected chi connectivity index (χ2v) is 2.88. The number of aliphatic hydroxyl groups excluding tert-OH is 1. The maximum Gasteiger partial charge on any atom is 0.106 e. The van der Waals surface area contributed by atoms with E-state index in [2.05, 4.69) is 12.6 Å². The smallest absolute Gasteiger partial charge is 0.106 e. The van der Waals surface area contributed by atoms with Crippen molar-refractivity contribution < 1.29 is 5.11 Å². The summed E-state index contributed by atoms with van der Waals surface area (Å²) >= 11 is 4.17. The molecule has 0 aromatic carbocycles. The molecule has 1 N–H and O–H groups in total. The Kier molecular flexibility index (Phi) is 2.20. The van der Waals surface area contributed by atoms with E-state index in [1.165, 1.54) is 6.42 Å². The molecule has 1 saturated carbocycles. The Morgan fingerprint density at radius 3 is 2.62 bits per heavy atom. The highest BCUT2D eigenvalue weighted by atomic mass is 32.1. The van der Waals surface area contributed by atoms with Crippen LogP contribution in [0.3, 0.4) is 0 Å². The topological polar surface area (TPSA) is 20.2 Å². The van der Waals surface area contributed by atoms with Gasteiger partial charge in [0.1, 0.15) is 6.10 Å². The van der Waals surface area contributed by atoms with Gasteiger partial charge < -0.3 is 5.11 Å². The Labute approximate surface area is 55.5 Å². The first kappa shape index (κ1) is 6.43. The lowest BCUT2D eigenvalue weighted by Crippen LogP contribution is -2.16. The third-order valence-corrected chi connectivity index (χ3v) is 2.10. The Hall–Kier alpha value is 0.310. The molecule has 0 bridgehead atoms. The van der Waals surface area contributed by atoms with Gasteiger partial charge in [-0.15, -0.1) is 0 Å². The van der Waals surface area contributed by atoms with E-state index in [0.717, 1.165) is 19.3 Å². The van der Waals surface area contributed by atoms with Gasteiger partial charge in [0.05, 0.1) is 0 Å². The number of aliphatic hydroxyl groups is 1. The summed E-state index contributed by atoms with van der Waals surface area (Å²) in [5, 5.41) is 9.19. The van der Waals surface area contributed by atoms with Crippen molar-refractivity contribution in [2.45, 2.75) is 30.9 Å². The highest BCUT2D eigenvalue weighted by Crippen LogP contribution is 2.27. The van der Waals surface area contributed by atoms with Gasteiger partial charge in [-0.25, -0.2) is 0 Å². The molecule has 0 aliphatic heterocycles. The molecule has 2 heteroatoms. The van der Waals surface area contributed by atoms with Crippen LogP contribution in [0.1, 0.15) is 25.7 Å². The fraction of sp³-hybridized carbons (Fsp3) is 0.833. The Morgan fingerprint density at radius 1 is 1.50 bits per heavy atom.